The van der Waals surface area contributed by atoms with Crippen LogP contribution in [0.5, 0.6) is 0 Å². The van der Waals surface area contributed by atoms with Crippen molar-refractivity contribution in [3.8, 4) is 11.3 Å². The number of piperidine rings is 1. The van der Waals surface area contributed by atoms with Crippen LogP contribution >= 0.6 is 0 Å². The quantitative estimate of drug-likeness (QED) is 0.174. The summed E-state index contributed by atoms with van der Waals surface area (Å²) >= 11 is 0. The van der Waals surface area contributed by atoms with Gasteiger partial charge in [-0.05, 0) is 83.7 Å². The van der Waals surface area contributed by atoms with Crippen LogP contribution in [0.1, 0.15) is 87.8 Å². The number of alkyl carbamates (subject to hydrolysis) is 1. The van der Waals surface area contributed by atoms with Gasteiger partial charge in [0.2, 0.25) is 0 Å². The lowest BCUT2D eigenvalue weighted by Crippen LogP contribution is -2.54. The van der Waals surface area contributed by atoms with Gasteiger partial charge in [-0.2, -0.15) is 13.2 Å². The van der Waals surface area contributed by atoms with Crippen molar-refractivity contribution in [2.45, 2.75) is 90.3 Å². The molecule has 1 saturated heterocycles. The first kappa shape index (κ1) is 39.3. The number of pyridine rings is 2. The number of nitrogens with one attached hydrogen (secondary N) is 2. The molecule has 2 aromatic heterocycles. The first-order valence-corrected chi connectivity index (χ1v) is 16.7. The summed E-state index contributed by atoms with van der Waals surface area (Å²) in [6, 6.07) is 2.30. The number of carbonyl (C=O) groups excluding carboxylic acids is 3. The Bertz CT molecular complexity index is 1900. The third kappa shape index (κ3) is 9.00. The van der Waals surface area contributed by atoms with E-state index < -0.39 is 101 Å². The highest BCUT2D eigenvalue weighted by Gasteiger charge is 2.46. The van der Waals surface area contributed by atoms with Crippen molar-refractivity contribution in [2.75, 3.05) is 23.3 Å². The molecule has 17 heteroatoms. The number of benzene rings is 1. The van der Waals surface area contributed by atoms with Gasteiger partial charge in [0.05, 0.1) is 46.4 Å². The molecule has 3 atom stereocenters. The maximum Gasteiger partial charge on any atom is 0.407 e. The Labute approximate surface area is 301 Å². The monoisotopic (exact) mass is 751 g/mol. The van der Waals surface area contributed by atoms with Crippen LogP contribution in [0.4, 0.5) is 42.5 Å². The van der Waals surface area contributed by atoms with E-state index in [1.54, 1.807) is 20.8 Å². The Morgan fingerprint density at radius 3 is 2.23 bits per heavy atom. The number of nitrogens with zero attached hydrogens (tertiary/aromatic N) is 3. The van der Waals surface area contributed by atoms with Crippen LogP contribution in [-0.4, -0.2) is 64.0 Å². The van der Waals surface area contributed by atoms with Crippen molar-refractivity contribution in [3.05, 3.63) is 70.4 Å². The van der Waals surface area contributed by atoms with Crippen LogP contribution in [0, 0.1) is 23.4 Å². The number of rotatable bonds is 7. The second-order valence-electron chi connectivity index (χ2n) is 14.6. The van der Waals surface area contributed by atoms with E-state index in [2.05, 4.69) is 20.6 Å². The number of fused-ring (bicyclic) bond motifs is 1. The summed E-state index contributed by atoms with van der Waals surface area (Å²) in [5.41, 5.74) is -4.25. The number of hydrogen-bond acceptors (Lipinski definition) is 9. The maximum atomic E-state index is 15.2. The number of halogens is 6. The normalized spacial score (nSPS) is 19.0. The molecular weight excluding hydrogens is 712 g/mol. The molecule has 11 nitrogen and oxygen atoms in total. The van der Waals surface area contributed by atoms with Crippen molar-refractivity contribution in [2.24, 2.45) is 5.92 Å². The summed E-state index contributed by atoms with van der Waals surface area (Å²) in [6.45, 7) is 7.88. The van der Waals surface area contributed by atoms with Crippen molar-refractivity contribution < 1.29 is 55.3 Å². The summed E-state index contributed by atoms with van der Waals surface area (Å²) < 4.78 is 99.1. The molecule has 286 valence electrons. The molecule has 0 spiro atoms. The van der Waals surface area contributed by atoms with Crippen LogP contribution < -0.4 is 15.5 Å². The Balaban J connectivity index is 1.55. The fourth-order valence-corrected chi connectivity index (χ4v) is 6.44. The van der Waals surface area contributed by atoms with Crippen LogP contribution in [0.15, 0.2) is 30.5 Å². The van der Waals surface area contributed by atoms with E-state index in [0.717, 1.165) is 24.3 Å². The molecule has 3 N–H and O–H groups in total. The van der Waals surface area contributed by atoms with E-state index in [0.29, 0.717) is 5.56 Å². The molecule has 1 aliphatic heterocycles. The SMILES string of the molecule is CC(=O)OC1CCc2c1ncc(NC(=O)c1ccc(F)c(-c3c(F)cc(C(C)(C)O)cc3F)n1)c2N1CC(C(F)(F)F)C[C@H](NC(=O)OC(C)(C)C)C1. The predicted octanol–water partition coefficient (Wildman–Crippen LogP) is 6.87. The highest BCUT2D eigenvalue weighted by Crippen LogP contribution is 2.45. The van der Waals surface area contributed by atoms with E-state index in [4.69, 9.17) is 9.47 Å². The van der Waals surface area contributed by atoms with Gasteiger partial charge in [-0.15, -0.1) is 0 Å². The predicted molar refractivity (Wildman–Crippen MR) is 179 cm³/mol. The lowest BCUT2D eigenvalue weighted by Gasteiger charge is -2.41. The van der Waals surface area contributed by atoms with Crippen molar-refractivity contribution >= 4 is 29.3 Å². The molecule has 53 heavy (non-hydrogen) atoms. The van der Waals surface area contributed by atoms with Crippen LogP contribution in [0.25, 0.3) is 11.3 Å². The third-order valence-electron chi connectivity index (χ3n) is 8.72. The molecule has 2 aliphatic rings. The standard InChI is InChI=1S/C36H39F6N5O6/c1-17(48)52-27-10-7-21-29(27)43-14-26(31(21)47-15-19(36(40,41)42)11-20(16-47)44-33(50)53-34(2,3)4)46-32(49)25-9-8-22(37)30(45-25)28-23(38)12-18(13-24(28)39)35(5,6)51/h8-9,12-14,19-20,27,51H,7,10-11,15-16H2,1-6H3,(H,44,50)(H,46,49)/t19?,20-,27?/m0/s1. The summed E-state index contributed by atoms with van der Waals surface area (Å²) in [6.07, 6.45) is -5.29. The number of ether oxygens (including phenoxy) is 2. The Hall–Kier alpha value is -4.93. The fraction of sp³-hybridized carbons (Fsp3) is 0.472. The lowest BCUT2D eigenvalue weighted by atomic mass is 9.92. The summed E-state index contributed by atoms with van der Waals surface area (Å²) in [7, 11) is 0. The molecule has 2 unspecified atom stereocenters. The van der Waals surface area contributed by atoms with Crippen LogP contribution in [0.2, 0.25) is 0 Å². The summed E-state index contributed by atoms with van der Waals surface area (Å²) in [5.74, 6) is -7.23. The van der Waals surface area contributed by atoms with Gasteiger partial charge in [-0.1, -0.05) is 0 Å². The van der Waals surface area contributed by atoms with Gasteiger partial charge in [0.15, 0.2) is 0 Å². The minimum Gasteiger partial charge on any atom is -0.456 e. The average molecular weight is 752 g/mol. The molecule has 1 aliphatic carbocycles. The van der Waals surface area contributed by atoms with E-state index in [1.807, 2.05) is 0 Å². The average Bonchev–Trinajstić information content (AvgIpc) is 3.41. The zero-order chi connectivity index (χ0) is 39.2. The minimum atomic E-state index is -4.68. The number of esters is 1. The molecule has 5 rings (SSSR count). The van der Waals surface area contributed by atoms with E-state index in [-0.39, 0.29) is 42.0 Å². The van der Waals surface area contributed by atoms with E-state index >= 15 is 13.2 Å². The Kier molecular flexibility index (Phi) is 10.7. The zero-order valence-electron chi connectivity index (χ0n) is 29.8. The van der Waals surface area contributed by atoms with Gasteiger partial charge in [-0.3, -0.25) is 14.6 Å². The lowest BCUT2D eigenvalue weighted by molar-refractivity contribution is -0.177. The second kappa shape index (κ2) is 14.5. The molecule has 0 radical (unpaired) electrons. The highest BCUT2D eigenvalue weighted by atomic mass is 19.4. The topological polar surface area (TPSA) is 143 Å². The van der Waals surface area contributed by atoms with Gasteiger partial charge >= 0.3 is 18.2 Å². The van der Waals surface area contributed by atoms with Crippen LogP contribution in [-0.2, 0) is 26.3 Å². The number of anilines is 2. The minimum absolute atomic E-state index is 0.0874. The number of aromatic nitrogens is 2. The molecule has 3 aromatic rings. The zero-order valence-corrected chi connectivity index (χ0v) is 29.8. The first-order chi connectivity index (χ1) is 24.5. The van der Waals surface area contributed by atoms with Crippen LogP contribution in [0.3, 0.4) is 0 Å². The highest BCUT2D eigenvalue weighted by molar-refractivity contribution is 6.05. The molecule has 3 heterocycles. The summed E-state index contributed by atoms with van der Waals surface area (Å²) in [4.78, 5) is 47.8. The molecule has 1 aromatic carbocycles. The van der Waals surface area contributed by atoms with Gasteiger partial charge in [0.25, 0.3) is 5.91 Å². The third-order valence-corrected chi connectivity index (χ3v) is 8.72. The second-order valence-corrected chi connectivity index (χ2v) is 14.6. The maximum absolute atomic E-state index is 15.2. The number of alkyl halides is 3. The molecular formula is C36H39F6N5O6. The molecule has 0 saturated carbocycles. The Morgan fingerprint density at radius 2 is 1.64 bits per heavy atom. The summed E-state index contributed by atoms with van der Waals surface area (Å²) in [5, 5.41) is 15.3. The fourth-order valence-electron chi connectivity index (χ4n) is 6.44. The number of amides is 2. The van der Waals surface area contributed by atoms with Crippen molar-refractivity contribution in [1.82, 2.24) is 15.3 Å². The molecule has 1 fully saturated rings. The van der Waals surface area contributed by atoms with E-state index in [1.165, 1.54) is 31.9 Å². The van der Waals surface area contributed by atoms with Gasteiger partial charge in [0, 0.05) is 25.6 Å². The van der Waals surface area contributed by atoms with Crippen molar-refractivity contribution in [3.63, 3.8) is 0 Å². The first-order valence-electron chi connectivity index (χ1n) is 16.7. The number of carbonyl (C=O) groups is 3. The molecule has 0 bridgehead atoms. The van der Waals surface area contributed by atoms with Gasteiger partial charge in [-0.25, -0.2) is 22.9 Å². The van der Waals surface area contributed by atoms with Gasteiger partial charge in [0.1, 0.15) is 40.5 Å². The molecule has 2 amide bonds. The number of hydrogen-bond donors (Lipinski definition) is 3. The van der Waals surface area contributed by atoms with E-state index in [9.17, 15) is 32.7 Å². The largest absolute Gasteiger partial charge is 0.456 e. The van der Waals surface area contributed by atoms with Gasteiger partial charge < -0.3 is 30.1 Å². The van der Waals surface area contributed by atoms with Crippen molar-refractivity contribution in [1.29, 1.82) is 0 Å². The Morgan fingerprint density at radius 1 is 0.981 bits per heavy atom. The smallest absolute Gasteiger partial charge is 0.407 e. The number of aliphatic hydroxyl groups is 1.